The molecule has 0 saturated heterocycles. The lowest BCUT2D eigenvalue weighted by molar-refractivity contribution is -0.121. The van der Waals surface area contributed by atoms with Gasteiger partial charge in [-0.2, -0.15) is 0 Å². The first-order valence-electron chi connectivity index (χ1n) is 8.34. The third-order valence-electron chi connectivity index (χ3n) is 4.28. The molecule has 1 N–H and O–H groups in total. The predicted molar refractivity (Wildman–Crippen MR) is 88.5 cm³/mol. The first-order chi connectivity index (χ1) is 11.3. The molecule has 1 aromatic carbocycles. The van der Waals surface area contributed by atoms with Crippen molar-refractivity contribution in [3.8, 4) is 5.75 Å². The van der Waals surface area contributed by atoms with Gasteiger partial charge in [0.1, 0.15) is 11.5 Å². The average molecular weight is 313 g/mol. The lowest BCUT2D eigenvalue weighted by Crippen LogP contribution is -2.30. The summed E-state index contributed by atoms with van der Waals surface area (Å²) in [6.07, 6.45) is 5.87. The number of carbonyl (C=O) groups excluding carboxylic acids is 1. The Balaban J connectivity index is 1.57. The summed E-state index contributed by atoms with van der Waals surface area (Å²) in [4.78, 5) is 12.3. The highest BCUT2D eigenvalue weighted by Gasteiger charge is 2.23. The molecule has 0 aliphatic heterocycles. The zero-order valence-corrected chi connectivity index (χ0v) is 13.5. The van der Waals surface area contributed by atoms with Crippen molar-refractivity contribution in [3.05, 3.63) is 53.5 Å². The van der Waals surface area contributed by atoms with Crippen LogP contribution in [0.4, 0.5) is 0 Å². The van der Waals surface area contributed by atoms with Crippen LogP contribution in [0.3, 0.4) is 0 Å². The van der Waals surface area contributed by atoms with Crippen LogP contribution in [-0.2, 0) is 17.6 Å². The fourth-order valence-corrected chi connectivity index (χ4v) is 3.16. The molecule has 1 unspecified atom stereocenters. The van der Waals surface area contributed by atoms with E-state index in [-0.39, 0.29) is 11.9 Å². The Labute approximate surface area is 136 Å². The van der Waals surface area contributed by atoms with Crippen LogP contribution in [0.1, 0.15) is 49.1 Å². The summed E-state index contributed by atoms with van der Waals surface area (Å²) in [5, 5.41) is 3.14. The fourth-order valence-electron chi connectivity index (χ4n) is 3.16. The van der Waals surface area contributed by atoms with Crippen molar-refractivity contribution in [3.63, 3.8) is 0 Å². The lowest BCUT2D eigenvalue weighted by atomic mass is 9.93. The number of fused-ring (bicyclic) bond motifs is 1. The van der Waals surface area contributed by atoms with Gasteiger partial charge in [-0.1, -0.05) is 18.2 Å². The Morgan fingerprint density at radius 1 is 1.35 bits per heavy atom. The Hall–Kier alpha value is -2.23. The standard InChI is InChI=1S/C19H23NO3/c1-2-22-17-8-4-3-6-14(17)10-11-19(21)20-16-7-5-9-18-15(16)12-13-23-18/h3-4,6,8,12-13,16H,2,5,7,9-11H2,1H3,(H,20,21). The number of benzene rings is 1. The maximum Gasteiger partial charge on any atom is 0.220 e. The van der Waals surface area contributed by atoms with E-state index in [4.69, 9.17) is 9.15 Å². The van der Waals surface area contributed by atoms with Gasteiger partial charge in [-0.3, -0.25) is 4.79 Å². The highest BCUT2D eigenvalue weighted by atomic mass is 16.5. The van der Waals surface area contributed by atoms with E-state index in [2.05, 4.69) is 5.32 Å². The summed E-state index contributed by atoms with van der Waals surface area (Å²) in [5.74, 6) is 1.97. The number of ether oxygens (including phenoxy) is 1. The largest absolute Gasteiger partial charge is 0.494 e. The number of rotatable bonds is 6. The molecule has 1 atom stereocenters. The molecule has 1 amide bonds. The molecule has 23 heavy (non-hydrogen) atoms. The normalized spacial score (nSPS) is 16.7. The van der Waals surface area contributed by atoms with Crippen molar-refractivity contribution in [2.75, 3.05) is 6.61 Å². The van der Waals surface area contributed by atoms with Crippen LogP contribution >= 0.6 is 0 Å². The molecule has 4 heteroatoms. The Bertz CT molecular complexity index is 662. The molecule has 1 aromatic heterocycles. The molecule has 2 aromatic rings. The molecule has 0 bridgehead atoms. The molecule has 0 spiro atoms. The van der Waals surface area contributed by atoms with Crippen LogP contribution in [0, 0.1) is 0 Å². The van der Waals surface area contributed by atoms with E-state index in [1.165, 1.54) is 0 Å². The lowest BCUT2D eigenvalue weighted by Gasteiger charge is -2.22. The van der Waals surface area contributed by atoms with E-state index in [0.717, 1.165) is 41.9 Å². The topological polar surface area (TPSA) is 51.5 Å². The minimum Gasteiger partial charge on any atom is -0.494 e. The summed E-state index contributed by atoms with van der Waals surface area (Å²) in [6.45, 7) is 2.60. The third kappa shape index (κ3) is 3.76. The van der Waals surface area contributed by atoms with Crippen LogP contribution in [0.5, 0.6) is 5.75 Å². The van der Waals surface area contributed by atoms with Crippen LogP contribution in [0.25, 0.3) is 0 Å². The van der Waals surface area contributed by atoms with Gasteiger partial charge in [0.2, 0.25) is 5.91 Å². The van der Waals surface area contributed by atoms with E-state index in [9.17, 15) is 4.79 Å². The fraction of sp³-hybridized carbons (Fsp3) is 0.421. The predicted octanol–water partition coefficient (Wildman–Crippen LogP) is 3.80. The maximum absolute atomic E-state index is 12.3. The van der Waals surface area contributed by atoms with Gasteiger partial charge in [-0.15, -0.1) is 0 Å². The van der Waals surface area contributed by atoms with Crippen LogP contribution in [0.2, 0.25) is 0 Å². The average Bonchev–Trinajstić information content (AvgIpc) is 3.04. The van der Waals surface area contributed by atoms with Gasteiger partial charge in [0.15, 0.2) is 0 Å². The molecule has 0 fully saturated rings. The van der Waals surface area contributed by atoms with Crippen molar-refractivity contribution < 1.29 is 13.9 Å². The molecule has 1 aliphatic rings. The monoisotopic (exact) mass is 313 g/mol. The number of aryl methyl sites for hydroxylation is 2. The van der Waals surface area contributed by atoms with Crippen molar-refractivity contribution in [2.24, 2.45) is 0 Å². The molecule has 1 heterocycles. The van der Waals surface area contributed by atoms with E-state index in [0.29, 0.717) is 19.4 Å². The van der Waals surface area contributed by atoms with E-state index < -0.39 is 0 Å². The van der Waals surface area contributed by atoms with Gasteiger partial charge < -0.3 is 14.5 Å². The van der Waals surface area contributed by atoms with Crippen molar-refractivity contribution in [2.45, 2.75) is 45.1 Å². The Morgan fingerprint density at radius 3 is 3.09 bits per heavy atom. The number of hydrogen-bond acceptors (Lipinski definition) is 3. The molecule has 3 rings (SSSR count). The maximum atomic E-state index is 12.3. The molecule has 122 valence electrons. The minimum atomic E-state index is 0.0790. The van der Waals surface area contributed by atoms with Crippen LogP contribution < -0.4 is 10.1 Å². The first-order valence-corrected chi connectivity index (χ1v) is 8.34. The highest BCUT2D eigenvalue weighted by molar-refractivity contribution is 5.77. The SMILES string of the molecule is CCOc1ccccc1CCC(=O)NC1CCCc2occc21. The number of nitrogens with one attached hydrogen (secondary N) is 1. The first kappa shape index (κ1) is 15.7. The molecule has 4 nitrogen and oxygen atoms in total. The number of hydrogen-bond donors (Lipinski definition) is 1. The Morgan fingerprint density at radius 2 is 2.22 bits per heavy atom. The third-order valence-corrected chi connectivity index (χ3v) is 4.28. The second kappa shape index (κ2) is 7.36. The van der Waals surface area contributed by atoms with Crippen LogP contribution in [-0.4, -0.2) is 12.5 Å². The van der Waals surface area contributed by atoms with E-state index in [1.807, 2.05) is 37.3 Å². The van der Waals surface area contributed by atoms with Gasteiger partial charge >= 0.3 is 0 Å². The smallest absolute Gasteiger partial charge is 0.220 e. The second-order valence-electron chi connectivity index (χ2n) is 5.85. The number of amides is 1. The zero-order chi connectivity index (χ0) is 16.1. The number of carbonyl (C=O) groups is 1. The van der Waals surface area contributed by atoms with Crippen LogP contribution in [0.15, 0.2) is 41.0 Å². The van der Waals surface area contributed by atoms with Crippen molar-refractivity contribution in [1.29, 1.82) is 0 Å². The molecule has 0 radical (unpaired) electrons. The van der Waals surface area contributed by atoms with Crippen molar-refractivity contribution in [1.82, 2.24) is 5.32 Å². The summed E-state index contributed by atoms with van der Waals surface area (Å²) < 4.78 is 11.1. The van der Waals surface area contributed by atoms with E-state index >= 15 is 0 Å². The second-order valence-corrected chi connectivity index (χ2v) is 5.85. The molecular formula is C19H23NO3. The van der Waals surface area contributed by atoms with Gasteiger partial charge in [-0.25, -0.2) is 0 Å². The van der Waals surface area contributed by atoms with Gasteiger partial charge in [0.25, 0.3) is 0 Å². The Kier molecular flexibility index (Phi) is 5.01. The summed E-state index contributed by atoms with van der Waals surface area (Å²) in [6, 6.07) is 9.98. The summed E-state index contributed by atoms with van der Waals surface area (Å²) in [5.41, 5.74) is 2.22. The van der Waals surface area contributed by atoms with Crippen molar-refractivity contribution >= 4 is 5.91 Å². The molecular weight excluding hydrogens is 290 g/mol. The summed E-state index contributed by atoms with van der Waals surface area (Å²) in [7, 11) is 0. The van der Waals surface area contributed by atoms with Gasteiger partial charge in [0, 0.05) is 18.4 Å². The molecule has 1 aliphatic carbocycles. The van der Waals surface area contributed by atoms with Gasteiger partial charge in [0.05, 0.1) is 18.9 Å². The quantitative estimate of drug-likeness (QED) is 0.882. The summed E-state index contributed by atoms with van der Waals surface area (Å²) >= 11 is 0. The van der Waals surface area contributed by atoms with E-state index in [1.54, 1.807) is 6.26 Å². The number of para-hydroxylation sites is 1. The molecule has 0 saturated carbocycles. The number of furan rings is 1. The zero-order valence-electron chi connectivity index (χ0n) is 13.5. The highest BCUT2D eigenvalue weighted by Crippen LogP contribution is 2.30. The minimum absolute atomic E-state index is 0.0790. The van der Waals surface area contributed by atoms with Gasteiger partial charge in [-0.05, 0) is 43.9 Å².